The number of carbonyl (C=O) groups is 1. The molecule has 1 amide bonds. The van der Waals surface area contributed by atoms with E-state index in [9.17, 15) is 4.79 Å². The minimum absolute atomic E-state index is 0.0513. The molecule has 0 aliphatic carbocycles. The summed E-state index contributed by atoms with van der Waals surface area (Å²) in [5.41, 5.74) is 6.93. The molecule has 0 atom stereocenters. The topological polar surface area (TPSA) is 55.6 Å². The van der Waals surface area contributed by atoms with Gasteiger partial charge >= 0.3 is 0 Å². The SMILES string of the molecule is C=CCN(C(=O)c1ccc(OCC)c(N)c1)C(C)C. The van der Waals surface area contributed by atoms with Gasteiger partial charge in [-0.05, 0) is 39.0 Å². The van der Waals surface area contributed by atoms with Crippen molar-refractivity contribution < 1.29 is 9.53 Å². The number of nitrogens with zero attached hydrogens (tertiary/aromatic N) is 1. The van der Waals surface area contributed by atoms with Crippen molar-refractivity contribution in [2.75, 3.05) is 18.9 Å². The largest absolute Gasteiger partial charge is 0.492 e. The molecule has 0 saturated heterocycles. The second kappa shape index (κ2) is 6.83. The number of amides is 1. The van der Waals surface area contributed by atoms with E-state index in [0.29, 0.717) is 30.2 Å². The van der Waals surface area contributed by atoms with Gasteiger partial charge < -0.3 is 15.4 Å². The van der Waals surface area contributed by atoms with Crippen LogP contribution in [-0.2, 0) is 0 Å². The number of anilines is 1. The summed E-state index contributed by atoms with van der Waals surface area (Å²) < 4.78 is 5.36. The molecule has 0 aliphatic rings. The van der Waals surface area contributed by atoms with E-state index in [4.69, 9.17) is 10.5 Å². The number of hydrogen-bond donors (Lipinski definition) is 1. The minimum atomic E-state index is -0.0513. The third-order valence-corrected chi connectivity index (χ3v) is 2.77. The first-order chi connectivity index (χ1) is 9.01. The third kappa shape index (κ3) is 3.74. The van der Waals surface area contributed by atoms with E-state index >= 15 is 0 Å². The Morgan fingerprint density at radius 1 is 1.53 bits per heavy atom. The molecule has 4 nitrogen and oxygen atoms in total. The number of nitrogen functional groups attached to an aromatic ring is 1. The fourth-order valence-electron chi connectivity index (χ4n) is 1.80. The van der Waals surface area contributed by atoms with Crippen molar-refractivity contribution in [3.63, 3.8) is 0 Å². The molecule has 0 bridgehead atoms. The van der Waals surface area contributed by atoms with Gasteiger partial charge in [-0.3, -0.25) is 4.79 Å². The summed E-state index contributed by atoms with van der Waals surface area (Å²) in [5, 5.41) is 0. The number of carbonyl (C=O) groups excluding carboxylic acids is 1. The second-order valence-corrected chi connectivity index (χ2v) is 4.53. The third-order valence-electron chi connectivity index (χ3n) is 2.77. The molecule has 0 heterocycles. The van der Waals surface area contributed by atoms with E-state index in [1.54, 1.807) is 29.2 Å². The zero-order valence-corrected chi connectivity index (χ0v) is 11.8. The summed E-state index contributed by atoms with van der Waals surface area (Å²) in [6.45, 7) is 10.6. The minimum Gasteiger partial charge on any atom is -0.492 e. The quantitative estimate of drug-likeness (QED) is 0.633. The summed E-state index contributed by atoms with van der Waals surface area (Å²) >= 11 is 0. The number of rotatable bonds is 6. The smallest absolute Gasteiger partial charge is 0.254 e. The van der Waals surface area contributed by atoms with Gasteiger partial charge in [0.2, 0.25) is 0 Å². The van der Waals surface area contributed by atoms with Gasteiger partial charge in [0.15, 0.2) is 0 Å². The standard InChI is InChI=1S/C15H22N2O2/c1-5-9-17(11(3)4)15(18)12-7-8-14(19-6-2)13(16)10-12/h5,7-8,10-11H,1,6,9,16H2,2-4H3. The Balaban J connectivity index is 2.98. The molecule has 0 aromatic heterocycles. The number of hydrogen-bond acceptors (Lipinski definition) is 3. The van der Waals surface area contributed by atoms with Crippen LogP contribution in [0.15, 0.2) is 30.9 Å². The Bertz CT molecular complexity index is 455. The van der Waals surface area contributed by atoms with Gasteiger partial charge in [-0.1, -0.05) is 6.08 Å². The zero-order chi connectivity index (χ0) is 14.4. The Kier molecular flexibility index (Phi) is 5.42. The molecule has 0 radical (unpaired) electrons. The lowest BCUT2D eigenvalue weighted by Gasteiger charge is -2.25. The van der Waals surface area contributed by atoms with Crippen molar-refractivity contribution in [3.8, 4) is 5.75 Å². The highest BCUT2D eigenvalue weighted by molar-refractivity contribution is 5.95. The molecule has 0 fully saturated rings. The first-order valence-electron chi connectivity index (χ1n) is 6.45. The number of nitrogens with two attached hydrogens (primary N) is 1. The van der Waals surface area contributed by atoms with Crippen LogP contribution in [0.2, 0.25) is 0 Å². The van der Waals surface area contributed by atoms with E-state index < -0.39 is 0 Å². The Morgan fingerprint density at radius 2 is 2.21 bits per heavy atom. The number of benzene rings is 1. The van der Waals surface area contributed by atoms with E-state index in [-0.39, 0.29) is 11.9 Å². The predicted molar refractivity (Wildman–Crippen MR) is 78.4 cm³/mol. The van der Waals surface area contributed by atoms with Crippen LogP contribution in [0.3, 0.4) is 0 Å². The molecule has 1 rings (SSSR count). The van der Waals surface area contributed by atoms with Crippen molar-refractivity contribution >= 4 is 11.6 Å². The molecule has 0 spiro atoms. The maximum atomic E-state index is 12.4. The summed E-state index contributed by atoms with van der Waals surface area (Å²) in [6, 6.07) is 5.24. The monoisotopic (exact) mass is 262 g/mol. The van der Waals surface area contributed by atoms with Crippen LogP contribution in [0.25, 0.3) is 0 Å². The Hall–Kier alpha value is -1.97. The van der Waals surface area contributed by atoms with Crippen LogP contribution in [0.5, 0.6) is 5.75 Å². The second-order valence-electron chi connectivity index (χ2n) is 4.53. The summed E-state index contributed by atoms with van der Waals surface area (Å²) in [7, 11) is 0. The lowest BCUT2D eigenvalue weighted by molar-refractivity contribution is 0.0729. The first-order valence-corrected chi connectivity index (χ1v) is 6.45. The van der Waals surface area contributed by atoms with E-state index in [1.807, 2.05) is 20.8 Å². The van der Waals surface area contributed by atoms with Gasteiger partial charge in [-0.15, -0.1) is 6.58 Å². The molecule has 19 heavy (non-hydrogen) atoms. The molecular formula is C15H22N2O2. The van der Waals surface area contributed by atoms with Crippen molar-refractivity contribution in [2.24, 2.45) is 0 Å². The molecular weight excluding hydrogens is 240 g/mol. The lowest BCUT2D eigenvalue weighted by Crippen LogP contribution is -2.37. The van der Waals surface area contributed by atoms with Gasteiger partial charge in [0, 0.05) is 18.2 Å². The summed E-state index contributed by atoms with van der Waals surface area (Å²) in [5.74, 6) is 0.559. The average molecular weight is 262 g/mol. The lowest BCUT2D eigenvalue weighted by atomic mass is 10.1. The highest BCUT2D eigenvalue weighted by atomic mass is 16.5. The molecule has 0 aliphatic heterocycles. The van der Waals surface area contributed by atoms with Crippen LogP contribution >= 0.6 is 0 Å². The van der Waals surface area contributed by atoms with Gasteiger partial charge in [-0.25, -0.2) is 0 Å². The first kappa shape index (κ1) is 15.1. The predicted octanol–water partition coefficient (Wildman–Crippen LogP) is 2.70. The van der Waals surface area contributed by atoms with Crippen molar-refractivity contribution in [3.05, 3.63) is 36.4 Å². The maximum absolute atomic E-state index is 12.4. The molecule has 1 aromatic carbocycles. The fourth-order valence-corrected chi connectivity index (χ4v) is 1.80. The molecule has 1 aromatic rings. The van der Waals surface area contributed by atoms with Gasteiger partial charge in [0.25, 0.3) is 5.91 Å². The van der Waals surface area contributed by atoms with Gasteiger partial charge in [0.05, 0.1) is 12.3 Å². The Labute approximate surface area is 114 Å². The van der Waals surface area contributed by atoms with E-state index in [1.165, 1.54) is 0 Å². The maximum Gasteiger partial charge on any atom is 0.254 e. The van der Waals surface area contributed by atoms with Gasteiger partial charge in [-0.2, -0.15) is 0 Å². The molecule has 4 heteroatoms. The van der Waals surface area contributed by atoms with Gasteiger partial charge in [0.1, 0.15) is 5.75 Å². The molecule has 104 valence electrons. The highest BCUT2D eigenvalue weighted by Gasteiger charge is 2.18. The fraction of sp³-hybridized carbons (Fsp3) is 0.400. The van der Waals surface area contributed by atoms with Crippen molar-refractivity contribution in [1.82, 2.24) is 4.90 Å². The molecule has 2 N–H and O–H groups in total. The van der Waals surface area contributed by atoms with E-state index in [2.05, 4.69) is 6.58 Å². The summed E-state index contributed by atoms with van der Waals surface area (Å²) in [4.78, 5) is 14.1. The Morgan fingerprint density at radius 3 is 2.68 bits per heavy atom. The van der Waals surface area contributed by atoms with Crippen LogP contribution in [0.1, 0.15) is 31.1 Å². The normalized spacial score (nSPS) is 10.3. The van der Waals surface area contributed by atoms with Crippen LogP contribution < -0.4 is 10.5 Å². The average Bonchev–Trinajstić information content (AvgIpc) is 2.37. The molecule has 0 unspecified atom stereocenters. The van der Waals surface area contributed by atoms with Crippen LogP contribution in [0, 0.1) is 0 Å². The van der Waals surface area contributed by atoms with Crippen LogP contribution in [-0.4, -0.2) is 30.0 Å². The summed E-state index contributed by atoms with van der Waals surface area (Å²) in [6.07, 6.45) is 1.72. The van der Waals surface area contributed by atoms with Crippen molar-refractivity contribution in [1.29, 1.82) is 0 Å². The number of ether oxygens (including phenoxy) is 1. The van der Waals surface area contributed by atoms with Crippen molar-refractivity contribution in [2.45, 2.75) is 26.8 Å². The van der Waals surface area contributed by atoms with E-state index in [0.717, 1.165) is 0 Å². The van der Waals surface area contributed by atoms with Crippen LogP contribution in [0.4, 0.5) is 5.69 Å². The molecule has 0 saturated carbocycles. The zero-order valence-electron chi connectivity index (χ0n) is 11.8. The highest BCUT2D eigenvalue weighted by Crippen LogP contribution is 2.23.